The highest BCUT2D eigenvalue weighted by atomic mass is 79.9. The number of hydrogen-bond donors (Lipinski definition) is 0. The number of hydrogen-bond acceptors (Lipinski definition) is 4. The van der Waals surface area contributed by atoms with E-state index in [4.69, 9.17) is 20.8 Å². The smallest absolute Gasteiger partial charge is 0.295 e. The van der Waals surface area contributed by atoms with Gasteiger partial charge in [-0.05, 0) is 59.7 Å². The van der Waals surface area contributed by atoms with Crippen molar-refractivity contribution >= 4 is 50.1 Å². The maximum Gasteiger partial charge on any atom is 0.295 e. The molecule has 0 fully saturated rings. The zero-order valence-corrected chi connectivity index (χ0v) is 21.7. The fourth-order valence-electron chi connectivity index (χ4n) is 4.64. The lowest BCUT2D eigenvalue weighted by Gasteiger charge is -2.25. The Bertz CT molecular complexity index is 1700. The summed E-state index contributed by atoms with van der Waals surface area (Å²) in [5.41, 5.74) is 2.79. The predicted molar refractivity (Wildman–Crippen MR) is 148 cm³/mol. The first-order chi connectivity index (χ1) is 18.0. The van der Waals surface area contributed by atoms with Crippen LogP contribution < -0.4 is 15.1 Å². The Balaban J connectivity index is 1.45. The van der Waals surface area contributed by atoms with E-state index in [1.54, 1.807) is 23.1 Å². The highest BCUT2D eigenvalue weighted by Crippen LogP contribution is 2.42. The van der Waals surface area contributed by atoms with Gasteiger partial charge in [0.2, 0.25) is 5.76 Å². The summed E-state index contributed by atoms with van der Waals surface area (Å²) in [6.45, 7) is 0.436. The molecule has 5 aromatic rings. The number of rotatable bonds is 5. The third-order valence-electron chi connectivity index (χ3n) is 6.36. The number of nitrogens with zero attached hydrogens (tertiary/aromatic N) is 1. The number of halogens is 2. The molecule has 0 saturated carbocycles. The maximum atomic E-state index is 13.7. The van der Waals surface area contributed by atoms with Crippen LogP contribution in [-0.2, 0) is 6.61 Å². The molecule has 0 spiro atoms. The fourth-order valence-corrected chi connectivity index (χ4v) is 5.20. The minimum atomic E-state index is -0.681. The molecule has 1 aliphatic heterocycles. The molecule has 0 N–H and O–H groups in total. The standard InChI is InChI=1S/C30H19BrClNO4/c31-20-7-4-8-22(15-20)33-27(19-9-12-23(13-10-19)36-17-18-5-2-1-3-6-18)26-28(34)24-16-21(32)11-14-25(24)37-29(26)30(33)35/h1-16,27H,17H2. The van der Waals surface area contributed by atoms with Crippen molar-refractivity contribution in [2.75, 3.05) is 4.90 Å². The summed E-state index contributed by atoms with van der Waals surface area (Å²) in [6, 6.07) is 28.9. The summed E-state index contributed by atoms with van der Waals surface area (Å²) in [6.07, 6.45) is 0. The SMILES string of the molecule is O=C1c2oc3ccc(Cl)cc3c(=O)c2C(c2ccc(OCc3ccccc3)cc2)N1c1cccc(Br)c1. The average molecular weight is 573 g/mol. The third kappa shape index (κ3) is 4.32. The van der Waals surface area contributed by atoms with Gasteiger partial charge in [0, 0.05) is 15.2 Å². The Morgan fingerprint density at radius 2 is 1.68 bits per heavy atom. The van der Waals surface area contributed by atoms with Gasteiger partial charge in [-0.15, -0.1) is 0 Å². The number of fused-ring (bicyclic) bond motifs is 2. The molecule has 37 heavy (non-hydrogen) atoms. The molecule has 5 nitrogen and oxygen atoms in total. The molecule has 0 aliphatic carbocycles. The van der Waals surface area contributed by atoms with Crippen LogP contribution >= 0.6 is 27.5 Å². The average Bonchev–Trinajstić information content (AvgIpc) is 3.21. The molecule has 0 bridgehead atoms. The van der Waals surface area contributed by atoms with Crippen LogP contribution in [0.1, 0.15) is 33.3 Å². The van der Waals surface area contributed by atoms with Crippen molar-refractivity contribution < 1.29 is 13.9 Å². The van der Waals surface area contributed by atoms with E-state index in [9.17, 15) is 9.59 Å². The second-order valence-corrected chi connectivity index (χ2v) is 10.1. The van der Waals surface area contributed by atoms with Crippen LogP contribution in [0.15, 0.2) is 111 Å². The normalized spacial score (nSPS) is 14.7. The lowest BCUT2D eigenvalue weighted by atomic mass is 9.98. The van der Waals surface area contributed by atoms with Gasteiger partial charge in [0.05, 0.1) is 17.0 Å². The van der Waals surface area contributed by atoms with E-state index < -0.39 is 6.04 Å². The Labute approximate surface area is 226 Å². The second-order valence-electron chi connectivity index (χ2n) is 8.72. The summed E-state index contributed by atoms with van der Waals surface area (Å²) in [4.78, 5) is 29.0. The van der Waals surface area contributed by atoms with Crippen molar-refractivity contribution in [3.05, 3.63) is 139 Å². The van der Waals surface area contributed by atoms with Gasteiger partial charge in [-0.25, -0.2) is 0 Å². The third-order valence-corrected chi connectivity index (χ3v) is 7.09. The summed E-state index contributed by atoms with van der Waals surface area (Å²) in [7, 11) is 0. The van der Waals surface area contributed by atoms with Crippen LogP contribution in [0.25, 0.3) is 11.0 Å². The first-order valence-corrected chi connectivity index (χ1v) is 12.8. The summed E-state index contributed by atoms with van der Waals surface area (Å²) in [5, 5.41) is 0.757. The minimum absolute atomic E-state index is 0.0363. The highest BCUT2D eigenvalue weighted by molar-refractivity contribution is 9.10. The molecule has 1 amide bonds. The first-order valence-electron chi connectivity index (χ1n) is 11.6. The van der Waals surface area contributed by atoms with Crippen molar-refractivity contribution in [1.82, 2.24) is 0 Å². The van der Waals surface area contributed by atoms with E-state index in [-0.39, 0.29) is 22.7 Å². The van der Waals surface area contributed by atoms with Crippen LogP contribution in [0.5, 0.6) is 5.75 Å². The van der Waals surface area contributed by atoms with Crippen LogP contribution in [0, 0.1) is 0 Å². The summed E-state index contributed by atoms with van der Waals surface area (Å²) in [5.74, 6) is 0.342. The number of amides is 1. The maximum absolute atomic E-state index is 13.7. The van der Waals surface area contributed by atoms with Crippen LogP contribution in [0.2, 0.25) is 5.02 Å². The number of carbonyl (C=O) groups is 1. The van der Waals surface area contributed by atoms with Gasteiger partial charge in [0.15, 0.2) is 5.43 Å². The largest absolute Gasteiger partial charge is 0.489 e. The van der Waals surface area contributed by atoms with Crippen molar-refractivity contribution in [2.24, 2.45) is 0 Å². The van der Waals surface area contributed by atoms with Crippen molar-refractivity contribution in [3.63, 3.8) is 0 Å². The molecular weight excluding hydrogens is 554 g/mol. The van der Waals surface area contributed by atoms with Crippen molar-refractivity contribution in [1.29, 1.82) is 0 Å². The number of ether oxygens (including phenoxy) is 1. The molecule has 4 aromatic carbocycles. The number of anilines is 1. The monoisotopic (exact) mass is 571 g/mol. The van der Waals surface area contributed by atoms with Crippen molar-refractivity contribution in [3.8, 4) is 5.75 Å². The molecule has 1 atom stereocenters. The Morgan fingerprint density at radius 1 is 0.892 bits per heavy atom. The quantitative estimate of drug-likeness (QED) is 0.218. The van der Waals surface area contributed by atoms with Crippen LogP contribution in [-0.4, -0.2) is 5.91 Å². The Morgan fingerprint density at radius 3 is 2.43 bits per heavy atom. The van der Waals surface area contributed by atoms with E-state index in [0.29, 0.717) is 34.0 Å². The van der Waals surface area contributed by atoms with Gasteiger partial charge in [0.25, 0.3) is 5.91 Å². The number of carbonyl (C=O) groups excluding carboxylic acids is 1. The Hall–Kier alpha value is -3.87. The van der Waals surface area contributed by atoms with E-state index >= 15 is 0 Å². The van der Waals surface area contributed by atoms with Gasteiger partial charge < -0.3 is 9.15 Å². The molecule has 182 valence electrons. The molecule has 1 aromatic heterocycles. The molecular formula is C30H19BrClNO4. The van der Waals surface area contributed by atoms with Crippen LogP contribution in [0.3, 0.4) is 0 Å². The lowest BCUT2D eigenvalue weighted by molar-refractivity contribution is 0.0971. The predicted octanol–water partition coefficient (Wildman–Crippen LogP) is 7.54. The fraction of sp³-hybridized carbons (Fsp3) is 0.0667. The van der Waals surface area contributed by atoms with Gasteiger partial charge in [0.1, 0.15) is 17.9 Å². The second kappa shape index (κ2) is 9.54. The van der Waals surface area contributed by atoms with Gasteiger partial charge >= 0.3 is 0 Å². The van der Waals surface area contributed by atoms with Gasteiger partial charge in [-0.1, -0.05) is 76.1 Å². The van der Waals surface area contributed by atoms with E-state index in [1.807, 2.05) is 78.9 Å². The minimum Gasteiger partial charge on any atom is -0.489 e. The van der Waals surface area contributed by atoms with Crippen molar-refractivity contribution in [2.45, 2.75) is 12.6 Å². The van der Waals surface area contributed by atoms with E-state index in [1.165, 1.54) is 0 Å². The van der Waals surface area contributed by atoms with E-state index in [0.717, 1.165) is 15.6 Å². The zero-order chi connectivity index (χ0) is 25.5. The molecule has 6 rings (SSSR count). The zero-order valence-electron chi connectivity index (χ0n) is 19.4. The molecule has 7 heteroatoms. The molecule has 2 heterocycles. The summed E-state index contributed by atoms with van der Waals surface area (Å²) < 4.78 is 12.8. The Kier molecular flexibility index (Phi) is 6.07. The van der Waals surface area contributed by atoms with Gasteiger partial charge in [-0.2, -0.15) is 0 Å². The molecule has 1 unspecified atom stereocenters. The number of benzene rings is 4. The lowest BCUT2D eigenvalue weighted by Crippen LogP contribution is -2.29. The summed E-state index contributed by atoms with van der Waals surface area (Å²) >= 11 is 9.67. The molecule has 0 radical (unpaired) electrons. The highest BCUT2D eigenvalue weighted by Gasteiger charge is 2.43. The topological polar surface area (TPSA) is 59.8 Å². The molecule has 0 saturated heterocycles. The van der Waals surface area contributed by atoms with E-state index in [2.05, 4.69) is 15.9 Å². The first kappa shape index (κ1) is 23.5. The van der Waals surface area contributed by atoms with Gasteiger partial charge in [-0.3, -0.25) is 14.5 Å². The molecule has 1 aliphatic rings. The van der Waals surface area contributed by atoms with Crippen LogP contribution in [0.4, 0.5) is 5.69 Å².